The molecular formula is C18H26N4O2. The van der Waals surface area contributed by atoms with Gasteiger partial charge in [-0.3, -0.25) is 10.1 Å². The minimum Gasteiger partial charge on any atom is -0.357 e. The number of hydrogen-bond acceptors (Lipinski definition) is 3. The fraction of sp³-hybridized carbons (Fsp3) is 0.611. The maximum absolute atomic E-state index is 10.9. The quantitative estimate of drug-likeness (QED) is 0.398. The number of likely N-dealkylation sites (tertiary alicyclic amines) is 1. The topological polar surface area (TPSA) is 70.8 Å². The average molecular weight is 330 g/mol. The molecule has 3 rings (SSSR count). The number of aliphatic imine (C=N–C) groups is 1. The Labute approximate surface area is 143 Å². The van der Waals surface area contributed by atoms with Gasteiger partial charge in [0.25, 0.3) is 5.69 Å². The third kappa shape index (κ3) is 3.86. The van der Waals surface area contributed by atoms with E-state index in [1.165, 1.54) is 31.7 Å². The van der Waals surface area contributed by atoms with Crippen LogP contribution in [0.1, 0.15) is 38.2 Å². The van der Waals surface area contributed by atoms with Gasteiger partial charge >= 0.3 is 0 Å². The molecule has 1 heterocycles. The van der Waals surface area contributed by atoms with Crippen molar-refractivity contribution in [1.82, 2.24) is 10.2 Å². The van der Waals surface area contributed by atoms with Gasteiger partial charge in [0.15, 0.2) is 5.96 Å². The van der Waals surface area contributed by atoms with E-state index < -0.39 is 0 Å². The highest BCUT2D eigenvalue weighted by Crippen LogP contribution is 2.36. The summed E-state index contributed by atoms with van der Waals surface area (Å²) < 4.78 is 0. The summed E-state index contributed by atoms with van der Waals surface area (Å²) in [6.45, 7) is 5.55. The van der Waals surface area contributed by atoms with Gasteiger partial charge in [0.2, 0.25) is 0 Å². The zero-order chi connectivity index (χ0) is 16.9. The Morgan fingerprint density at radius 2 is 2.04 bits per heavy atom. The fourth-order valence-corrected chi connectivity index (χ4v) is 3.94. The molecule has 1 saturated carbocycles. The van der Waals surface area contributed by atoms with Crippen molar-refractivity contribution < 1.29 is 4.92 Å². The molecule has 2 atom stereocenters. The van der Waals surface area contributed by atoms with Gasteiger partial charge in [-0.25, -0.2) is 4.99 Å². The van der Waals surface area contributed by atoms with Crippen LogP contribution in [0.4, 0.5) is 5.69 Å². The van der Waals surface area contributed by atoms with Crippen LogP contribution in [0.5, 0.6) is 0 Å². The lowest BCUT2D eigenvalue weighted by Gasteiger charge is -2.22. The Morgan fingerprint density at radius 1 is 1.33 bits per heavy atom. The van der Waals surface area contributed by atoms with E-state index in [0.717, 1.165) is 43.0 Å². The molecule has 0 bridgehead atoms. The molecule has 2 aliphatic rings. The van der Waals surface area contributed by atoms with E-state index in [1.807, 2.05) is 6.07 Å². The van der Waals surface area contributed by atoms with Gasteiger partial charge in [0.05, 0.1) is 11.5 Å². The highest BCUT2D eigenvalue weighted by atomic mass is 16.6. The summed E-state index contributed by atoms with van der Waals surface area (Å²) in [5.41, 5.74) is 0.996. The molecule has 1 aliphatic carbocycles. The monoisotopic (exact) mass is 330 g/mol. The summed E-state index contributed by atoms with van der Waals surface area (Å²) in [7, 11) is 0. The number of rotatable bonds is 4. The number of nitrogens with zero attached hydrogens (tertiary/aromatic N) is 3. The fourth-order valence-electron chi connectivity index (χ4n) is 3.94. The second-order valence-corrected chi connectivity index (χ2v) is 6.81. The largest absolute Gasteiger partial charge is 0.357 e. The van der Waals surface area contributed by atoms with Gasteiger partial charge < -0.3 is 10.2 Å². The molecule has 0 radical (unpaired) electrons. The standard InChI is InChI=1S/C18H26N4O2/c1-2-19-18(21-12-15-7-3-4-8-16(15)13-21)20-11-14-6-5-9-17(10-14)22(23)24/h5-6,9-10,15-16H,2-4,7-8,11-13H2,1H3,(H,19,20). The molecule has 1 aromatic carbocycles. The minimum atomic E-state index is -0.358. The third-order valence-electron chi connectivity index (χ3n) is 5.14. The molecule has 1 aromatic rings. The lowest BCUT2D eigenvalue weighted by molar-refractivity contribution is -0.384. The molecule has 6 heteroatoms. The lowest BCUT2D eigenvalue weighted by atomic mass is 9.82. The van der Waals surface area contributed by atoms with E-state index in [9.17, 15) is 10.1 Å². The van der Waals surface area contributed by atoms with Crippen molar-refractivity contribution in [3.05, 3.63) is 39.9 Å². The van der Waals surface area contributed by atoms with Crippen molar-refractivity contribution in [2.24, 2.45) is 16.8 Å². The third-order valence-corrected chi connectivity index (χ3v) is 5.14. The van der Waals surface area contributed by atoms with Crippen LogP contribution in [0.15, 0.2) is 29.3 Å². The SMILES string of the molecule is CCNC(=NCc1cccc([N+](=O)[O-])c1)N1CC2CCCCC2C1. The number of benzene rings is 1. The Balaban J connectivity index is 1.70. The number of nitro benzene ring substituents is 1. The Morgan fingerprint density at radius 3 is 2.67 bits per heavy atom. The van der Waals surface area contributed by atoms with Crippen molar-refractivity contribution in [1.29, 1.82) is 0 Å². The maximum atomic E-state index is 10.9. The van der Waals surface area contributed by atoms with E-state index in [1.54, 1.807) is 12.1 Å². The molecule has 2 unspecified atom stereocenters. The van der Waals surface area contributed by atoms with Crippen molar-refractivity contribution >= 4 is 11.6 Å². The molecular weight excluding hydrogens is 304 g/mol. The Hall–Kier alpha value is -2.11. The zero-order valence-electron chi connectivity index (χ0n) is 14.3. The molecule has 0 aromatic heterocycles. The molecule has 1 aliphatic heterocycles. The first-order chi connectivity index (χ1) is 11.7. The molecule has 1 N–H and O–H groups in total. The number of nitro groups is 1. The zero-order valence-corrected chi connectivity index (χ0v) is 14.3. The van der Waals surface area contributed by atoms with Crippen molar-refractivity contribution in [2.75, 3.05) is 19.6 Å². The molecule has 1 saturated heterocycles. The van der Waals surface area contributed by atoms with Crippen molar-refractivity contribution in [2.45, 2.75) is 39.2 Å². The van der Waals surface area contributed by atoms with E-state index >= 15 is 0 Å². The second kappa shape index (κ2) is 7.64. The second-order valence-electron chi connectivity index (χ2n) is 6.81. The number of hydrogen-bond donors (Lipinski definition) is 1. The van der Waals surface area contributed by atoms with E-state index in [-0.39, 0.29) is 10.6 Å². The smallest absolute Gasteiger partial charge is 0.269 e. The van der Waals surface area contributed by atoms with Gasteiger partial charge in [-0.1, -0.05) is 25.0 Å². The summed E-state index contributed by atoms with van der Waals surface area (Å²) in [6.07, 6.45) is 5.39. The lowest BCUT2D eigenvalue weighted by Crippen LogP contribution is -2.40. The number of fused-ring (bicyclic) bond motifs is 1. The predicted octanol–water partition coefficient (Wildman–Crippen LogP) is 3.18. The van der Waals surface area contributed by atoms with Gasteiger partial charge in [0, 0.05) is 31.8 Å². The highest BCUT2D eigenvalue weighted by Gasteiger charge is 2.35. The maximum Gasteiger partial charge on any atom is 0.269 e. The molecule has 24 heavy (non-hydrogen) atoms. The van der Waals surface area contributed by atoms with Gasteiger partial charge in [-0.15, -0.1) is 0 Å². The Kier molecular flexibility index (Phi) is 5.33. The first kappa shape index (κ1) is 16.7. The first-order valence-corrected chi connectivity index (χ1v) is 8.94. The summed E-state index contributed by atoms with van der Waals surface area (Å²) in [4.78, 5) is 17.6. The van der Waals surface area contributed by atoms with Crippen LogP contribution in [-0.4, -0.2) is 35.4 Å². The molecule has 130 valence electrons. The number of guanidine groups is 1. The van der Waals surface area contributed by atoms with Gasteiger partial charge in [0.1, 0.15) is 0 Å². The van der Waals surface area contributed by atoms with E-state index in [0.29, 0.717) is 6.54 Å². The first-order valence-electron chi connectivity index (χ1n) is 8.94. The van der Waals surface area contributed by atoms with Crippen LogP contribution in [0.2, 0.25) is 0 Å². The van der Waals surface area contributed by atoms with Crippen LogP contribution in [0, 0.1) is 22.0 Å². The number of non-ortho nitro benzene ring substituents is 1. The van der Waals surface area contributed by atoms with Gasteiger partial charge in [-0.2, -0.15) is 0 Å². The minimum absolute atomic E-state index is 0.125. The van der Waals surface area contributed by atoms with Crippen molar-refractivity contribution in [3.63, 3.8) is 0 Å². The van der Waals surface area contributed by atoms with Crippen LogP contribution in [-0.2, 0) is 6.54 Å². The van der Waals surface area contributed by atoms with Crippen LogP contribution < -0.4 is 5.32 Å². The van der Waals surface area contributed by atoms with Crippen LogP contribution in [0.25, 0.3) is 0 Å². The number of nitrogens with one attached hydrogen (secondary N) is 1. The summed E-state index contributed by atoms with van der Waals surface area (Å²) >= 11 is 0. The van der Waals surface area contributed by atoms with E-state index in [4.69, 9.17) is 4.99 Å². The van der Waals surface area contributed by atoms with Crippen molar-refractivity contribution in [3.8, 4) is 0 Å². The average Bonchev–Trinajstić information content (AvgIpc) is 3.02. The molecule has 6 nitrogen and oxygen atoms in total. The molecule has 0 spiro atoms. The molecule has 2 fully saturated rings. The predicted molar refractivity (Wildman–Crippen MR) is 94.9 cm³/mol. The van der Waals surface area contributed by atoms with Crippen LogP contribution >= 0.6 is 0 Å². The summed E-state index contributed by atoms with van der Waals surface area (Å²) in [5, 5.41) is 14.3. The van der Waals surface area contributed by atoms with Crippen LogP contribution in [0.3, 0.4) is 0 Å². The van der Waals surface area contributed by atoms with E-state index in [2.05, 4.69) is 17.1 Å². The normalized spacial score (nSPS) is 23.9. The summed E-state index contributed by atoms with van der Waals surface area (Å²) in [5.74, 6) is 2.55. The highest BCUT2D eigenvalue weighted by molar-refractivity contribution is 5.80. The Bertz CT molecular complexity index is 603. The van der Waals surface area contributed by atoms with Gasteiger partial charge in [-0.05, 0) is 37.2 Å². The molecule has 0 amide bonds. The summed E-state index contributed by atoms with van der Waals surface area (Å²) in [6, 6.07) is 6.74.